The predicted molar refractivity (Wildman–Crippen MR) is 79.4 cm³/mol. The summed E-state index contributed by atoms with van der Waals surface area (Å²) in [5.41, 5.74) is 7.33. The number of benzene rings is 1. The van der Waals surface area contributed by atoms with Gasteiger partial charge in [-0.05, 0) is 25.1 Å². The third kappa shape index (κ3) is 2.89. The van der Waals surface area contributed by atoms with Crippen LogP contribution in [0.25, 0.3) is 0 Å². The largest absolute Gasteiger partial charge is 0.397 e. The lowest BCUT2D eigenvalue weighted by atomic mass is 10.2. The maximum atomic E-state index is 12.2. The zero-order valence-corrected chi connectivity index (χ0v) is 12.9. The Morgan fingerprint density at radius 1 is 1.40 bits per heavy atom. The summed E-state index contributed by atoms with van der Waals surface area (Å²) in [6.45, 7) is 4.02. The van der Waals surface area contributed by atoms with E-state index < -0.39 is 10.0 Å². The fourth-order valence-corrected chi connectivity index (χ4v) is 3.13. The third-order valence-electron chi connectivity index (χ3n) is 3.36. The van der Waals surface area contributed by atoms with Crippen molar-refractivity contribution in [1.29, 1.82) is 0 Å². The van der Waals surface area contributed by atoms with Gasteiger partial charge in [0.15, 0.2) is 0 Å². The molecule has 0 bridgehead atoms. The van der Waals surface area contributed by atoms with Crippen LogP contribution in [0.1, 0.15) is 6.92 Å². The molecule has 0 amide bonds. The van der Waals surface area contributed by atoms with E-state index in [0.29, 0.717) is 25.4 Å². The van der Waals surface area contributed by atoms with E-state index >= 15 is 0 Å². The number of nitrogens with zero attached hydrogens (tertiary/aromatic N) is 2. The Kier molecular flexibility index (Phi) is 4.22. The molecule has 1 saturated heterocycles. The number of sulfonamides is 1. The molecule has 0 radical (unpaired) electrons. The fraction of sp³-hybridized carbons (Fsp3) is 0.538. The van der Waals surface area contributed by atoms with E-state index in [0.717, 1.165) is 5.69 Å². The third-order valence-corrected chi connectivity index (χ3v) is 5.17. The number of hydrogen-bond acceptors (Lipinski definition) is 5. The first kappa shape index (κ1) is 15.1. The maximum absolute atomic E-state index is 12.2. The van der Waals surface area contributed by atoms with Crippen molar-refractivity contribution < 1.29 is 13.2 Å². The van der Waals surface area contributed by atoms with Crippen molar-refractivity contribution in [1.82, 2.24) is 4.31 Å². The van der Waals surface area contributed by atoms with Crippen molar-refractivity contribution in [2.75, 3.05) is 44.4 Å². The number of ether oxygens (including phenoxy) is 1. The topological polar surface area (TPSA) is 75.9 Å². The molecule has 0 saturated carbocycles. The van der Waals surface area contributed by atoms with Gasteiger partial charge in [-0.1, -0.05) is 0 Å². The second-order valence-corrected chi connectivity index (χ2v) is 7.29. The molecule has 20 heavy (non-hydrogen) atoms. The number of rotatable bonds is 3. The Morgan fingerprint density at radius 2 is 2.10 bits per heavy atom. The molecule has 1 aromatic carbocycles. The van der Waals surface area contributed by atoms with Crippen LogP contribution >= 0.6 is 0 Å². The number of nitrogen functional groups attached to an aromatic ring is 1. The molecule has 1 heterocycles. The predicted octanol–water partition coefficient (Wildman–Crippen LogP) is 0.744. The van der Waals surface area contributed by atoms with E-state index in [1.165, 1.54) is 24.5 Å². The molecule has 1 unspecified atom stereocenters. The zero-order chi connectivity index (χ0) is 14.9. The van der Waals surface area contributed by atoms with Crippen LogP contribution in [0.2, 0.25) is 0 Å². The summed E-state index contributed by atoms with van der Waals surface area (Å²) in [6.07, 6.45) is 0.109. The minimum absolute atomic E-state index is 0.109. The molecule has 0 aliphatic carbocycles. The first-order chi connectivity index (χ1) is 9.32. The second-order valence-electron chi connectivity index (χ2n) is 5.14. The highest BCUT2D eigenvalue weighted by molar-refractivity contribution is 7.89. The van der Waals surface area contributed by atoms with Crippen molar-refractivity contribution in [3.8, 4) is 0 Å². The molecular weight excluding hydrogens is 278 g/mol. The molecular formula is C13H21N3O3S. The Hall–Kier alpha value is -1.31. The summed E-state index contributed by atoms with van der Waals surface area (Å²) in [5, 5.41) is 0. The molecule has 2 rings (SSSR count). The first-order valence-electron chi connectivity index (χ1n) is 6.51. The molecule has 1 fully saturated rings. The van der Waals surface area contributed by atoms with E-state index in [-0.39, 0.29) is 11.0 Å². The van der Waals surface area contributed by atoms with Crippen LogP contribution < -0.4 is 10.6 Å². The first-order valence-corrected chi connectivity index (χ1v) is 7.95. The van der Waals surface area contributed by atoms with Gasteiger partial charge in [0.1, 0.15) is 0 Å². The number of nitrogens with two attached hydrogens (primary N) is 1. The van der Waals surface area contributed by atoms with Crippen LogP contribution in [0.3, 0.4) is 0 Å². The summed E-state index contributed by atoms with van der Waals surface area (Å²) >= 11 is 0. The molecule has 0 spiro atoms. The molecule has 1 aliphatic heterocycles. The maximum Gasteiger partial charge on any atom is 0.242 e. The molecule has 7 heteroatoms. The van der Waals surface area contributed by atoms with Crippen LogP contribution in [0.15, 0.2) is 23.1 Å². The van der Waals surface area contributed by atoms with E-state index in [9.17, 15) is 8.42 Å². The van der Waals surface area contributed by atoms with Gasteiger partial charge < -0.3 is 15.4 Å². The molecule has 112 valence electrons. The average Bonchev–Trinajstić information content (AvgIpc) is 2.38. The Balaban J connectivity index is 2.39. The quantitative estimate of drug-likeness (QED) is 0.833. The van der Waals surface area contributed by atoms with Crippen molar-refractivity contribution in [2.24, 2.45) is 0 Å². The monoisotopic (exact) mass is 299 g/mol. The molecule has 2 N–H and O–H groups in total. The summed E-state index contributed by atoms with van der Waals surface area (Å²) in [4.78, 5) is 2.32. The fourth-order valence-electron chi connectivity index (χ4n) is 2.21. The minimum Gasteiger partial charge on any atom is -0.397 e. The lowest BCUT2D eigenvalue weighted by Gasteiger charge is -2.33. The molecule has 6 nitrogen and oxygen atoms in total. The average molecular weight is 299 g/mol. The summed E-state index contributed by atoms with van der Waals surface area (Å²) in [7, 11) is -0.416. The van der Waals surface area contributed by atoms with Gasteiger partial charge in [-0.15, -0.1) is 0 Å². The van der Waals surface area contributed by atoms with Gasteiger partial charge >= 0.3 is 0 Å². The van der Waals surface area contributed by atoms with Crippen molar-refractivity contribution in [3.05, 3.63) is 18.2 Å². The van der Waals surface area contributed by atoms with Crippen LogP contribution in [-0.4, -0.2) is 52.6 Å². The SMILES string of the molecule is CC1CN(c2cc(S(=O)(=O)N(C)C)ccc2N)CCO1. The van der Waals surface area contributed by atoms with E-state index in [4.69, 9.17) is 10.5 Å². The van der Waals surface area contributed by atoms with Crippen molar-refractivity contribution >= 4 is 21.4 Å². The molecule has 0 aromatic heterocycles. The highest BCUT2D eigenvalue weighted by atomic mass is 32.2. The van der Waals surface area contributed by atoms with Crippen molar-refractivity contribution in [2.45, 2.75) is 17.9 Å². The molecule has 1 atom stereocenters. The molecule has 1 aromatic rings. The van der Waals surface area contributed by atoms with Gasteiger partial charge in [-0.2, -0.15) is 0 Å². The van der Waals surface area contributed by atoms with Gasteiger partial charge in [-0.25, -0.2) is 12.7 Å². The van der Waals surface area contributed by atoms with Gasteiger partial charge in [0, 0.05) is 27.2 Å². The van der Waals surface area contributed by atoms with Crippen LogP contribution in [0.5, 0.6) is 0 Å². The smallest absolute Gasteiger partial charge is 0.242 e. The Labute approximate surface area is 120 Å². The lowest BCUT2D eigenvalue weighted by Crippen LogP contribution is -2.41. The van der Waals surface area contributed by atoms with Gasteiger partial charge in [0.05, 0.1) is 29.0 Å². The van der Waals surface area contributed by atoms with E-state index in [1.807, 2.05) is 6.92 Å². The number of hydrogen-bond donors (Lipinski definition) is 1. The van der Waals surface area contributed by atoms with E-state index in [1.54, 1.807) is 12.1 Å². The Bertz CT molecular complexity index is 587. The highest BCUT2D eigenvalue weighted by Gasteiger charge is 2.22. The van der Waals surface area contributed by atoms with Crippen molar-refractivity contribution in [3.63, 3.8) is 0 Å². The summed E-state index contributed by atoms with van der Waals surface area (Å²) < 4.78 is 31.1. The van der Waals surface area contributed by atoms with Gasteiger partial charge in [0.2, 0.25) is 10.0 Å². The standard InChI is InChI=1S/C13H21N3O3S/c1-10-9-16(6-7-19-10)13-8-11(4-5-12(13)14)20(17,18)15(2)3/h4-5,8,10H,6-7,9,14H2,1-3H3. The van der Waals surface area contributed by atoms with Crippen LogP contribution in [0, 0.1) is 0 Å². The Morgan fingerprint density at radius 3 is 2.70 bits per heavy atom. The second kappa shape index (κ2) is 5.59. The molecule has 1 aliphatic rings. The van der Waals surface area contributed by atoms with E-state index in [2.05, 4.69) is 4.90 Å². The van der Waals surface area contributed by atoms with Gasteiger partial charge in [-0.3, -0.25) is 0 Å². The summed E-state index contributed by atoms with van der Waals surface area (Å²) in [6, 6.07) is 4.83. The van der Waals surface area contributed by atoms with Crippen LogP contribution in [0.4, 0.5) is 11.4 Å². The summed E-state index contributed by atoms with van der Waals surface area (Å²) in [5.74, 6) is 0. The number of morpholine rings is 1. The normalized spacial score (nSPS) is 20.4. The van der Waals surface area contributed by atoms with Crippen LogP contribution in [-0.2, 0) is 14.8 Å². The lowest BCUT2D eigenvalue weighted by molar-refractivity contribution is 0.0532. The minimum atomic E-state index is -3.45. The highest BCUT2D eigenvalue weighted by Crippen LogP contribution is 2.29. The number of anilines is 2. The zero-order valence-electron chi connectivity index (χ0n) is 12.0. The van der Waals surface area contributed by atoms with Gasteiger partial charge in [0.25, 0.3) is 0 Å².